The number of hydrogen-bond acceptors (Lipinski definition) is 3. The first kappa shape index (κ1) is 13.0. The summed E-state index contributed by atoms with van der Waals surface area (Å²) in [7, 11) is 0. The number of carbonyl (C=O) groups is 3. The number of halogens is 2. The number of primary amides is 1. The predicted octanol–water partition coefficient (Wildman–Crippen LogP) is -0.765. The van der Waals surface area contributed by atoms with E-state index in [9.17, 15) is 14.4 Å². The van der Waals surface area contributed by atoms with Crippen molar-refractivity contribution in [1.29, 1.82) is 0 Å². The Hall–Kier alpha value is -1.01. The number of amides is 2. The Bertz CT molecular complexity index is 256. The summed E-state index contributed by atoms with van der Waals surface area (Å²) in [6.07, 6.45) is -0.512. The molecule has 8 heteroatoms. The van der Waals surface area contributed by atoms with Crippen molar-refractivity contribution in [2.75, 3.05) is 0 Å². The SMILES string of the molecule is NC(=O)CC(NC(=O)C(Cl)Cl)C(=O)O. The third-order valence-corrected chi connectivity index (χ3v) is 1.61. The van der Waals surface area contributed by atoms with Gasteiger partial charge in [0.1, 0.15) is 6.04 Å². The summed E-state index contributed by atoms with van der Waals surface area (Å²) in [5, 5.41) is 10.5. The Morgan fingerprint density at radius 1 is 1.36 bits per heavy atom. The summed E-state index contributed by atoms with van der Waals surface area (Å²) in [6, 6.07) is -1.40. The van der Waals surface area contributed by atoms with Crippen LogP contribution >= 0.6 is 23.2 Å². The third kappa shape index (κ3) is 4.88. The zero-order chi connectivity index (χ0) is 11.3. The molecule has 0 bridgehead atoms. The first-order valence-corrected chi connectivity index (χ1v) is 4.31. The molecule has 2 amide bonds. The number of carboxylic acid groups (broad SMARTS) is 1. The van der Waals surface area contributed by atoms with Crippen LogP contribution in [-0.2, 0) is 14.4 Å². The van der Waals surface area contributed by atoms with Gasteiger partial charge in [0.25, 0.3) is 5.91 Å². The van der Waals surface area contributed by atoms with Crippen molar-refractivity contribution >= 4 is 41.0 Å². The molecule has 0 heterocycles. The fourth-order valence-corrected chi connectivity index (χ4v) is 0.762. The molecular weight excluding hydrogens is 235 g/mol. The van der Waals surface area contributed by atoms with Crippen LogP contribution in [0.25, 0.3) is 0 Å². The van der Waals surface area contributed by atoms with Crippen LogP contribution in [0.5, 0.6) is 0 Å². The van der Waals surface area contributed by atoms with E-state index in [1.54, 1.807) is 0 Å². The number of nitrogens with one attached hydrogen (secondary N) is 1. The molecule has 0 aliphatic carbocycles. The summed E-state index contributed by atoms with van der Waals surface area (Å²) >= 11 is 10.3. The molecule has 0 aromatic heterocycles. The van der Waals surface area contributed by atoms with Crippen LogP contribution in [0.4, 0.5) is 0 Å². The predicted molar refractivity (Wildman–Crippen MR) is 48.9 cm³/mol. The number of aliphatic carboxylic acids is 1. The van der Waals surface area contributed by atoms with E-state index in [0.29, 0.717) is 0 Å². The molecule has 0 radical (unpaired) electrons. The molecule has 1 unspecified atom stereocenters. The smallest absolute Gasteiger partial charge is 0.326 e. The molecule has 0 saturated heterocycles. The first-order chi connectivity index (χ1) is 6.34. The van der Waals surface area contributed by atoms with Crippen LogP contribution < -0.4 is 11.1 Å². The minimum atomic E-state index is -1.40. The molecule has 14 heavy (non-hydrogen) atoms. The number of carboxylic acids is 1. The zero-order valence-corrected chi connectivity index (χ0v) is 8.38. The lowest BCUT2D eigenvalue weighted by molar-refractivity contribution is -0.143. The molecule has 6 nitrogen and oxygen atoms in total. The fourth-order valence-electron chi connectivity index (χ4n) is 0.636. The van der Waals surface area contributed by atoms with Gasteiger partial charge in [-0.05, 0) is 0 Å². The van der Waals surface area contributed by atoms with E-state index >= 15 is 0 Å². The average molecular weight is 243 g/mol. The maximum atomic E-state index is 10.8. The van der Waals surface area contributed by atoms with Crippen LogP contribution in [0.15, 0.2) is 0 Å². The van der Waals surface area contributed by atoms with Crippen molar-refractivity contribution in [3.05, 3.63) is 0 Å². The van der Waals surface area contributed by atoms with Crippen LogP contribution in [0, 0.1) is 0 Å². The highest BCUT2D eigenvalue weighted by molar-refractivity contribution is 6.53. The van der Waals surface area contributed by atoms with Crippen molar-refractivity contribution in [2.24, 2.45) is 5.73 Å². The Morgan fingerprint density at radius 2 is 1.86 bits per heavy atom. The van der Waals surface area contributed by atoms with E-state index in [2.05, 4.69) is 0 Å². The second-order valence-electron chi connectivity index (χ2n) is 2.37. The van der Waals surface area contributed by atoms with Crippen molar-refractivity contribution in [1.82, 2.24) is 5.32 Å². The summed E-state index contributed by atoms with van der Waals surface area (Å²) < 4.78 is 0. The minimum Gasteiger partial charge on any atom is -0.480 e. The lowest BCUT2D eigenvalue weighted by Gasteiger charge is -2.12. The molecular formula is C6H8Cl2N2O4. The van der Waals surface area contributed by atoms with E-state index in [1.165, 1.54) is 0 Å². The fraction of sp³-hybridized carbons (Fsp3) is 0.500. The highest BCUT2D eigenvalue weighted by Crippen LogP contribution is 2.02. The van der Waals surface area contributed by atoms with E-state index in [-0.39, 0.29) is 0 Å². The van der Waals surface area contributed by atoms with Gasteiger partial charge in [-0.25, -0.2) is 4.79 Å². The van der Waals surface area contributed by atoms with Crippen molar-refractivity contribution in [3.8, 4) is 0 Å². The van der Waals surface area contributed by atoms with Gasteiger partial charge < -0.3 is 16.2 Å². The highest BCUT2D eigenvalue weighted by Gasteiger charge is 2.24. The quantitative estimate of drug-likeness (QED) is 0.551. The monoisotopic (exact) mass is 242 g/mol. The Labute approximate surface area is 89.3 Å². The summed E-state index contributed by atoms with van der Waals surface area (Å²) in [4.78, 5) is 30.4. The number of alkyl halides is 2. The molecule has 80 valence electrons. The van der Waals surface area contributed by atoms with Gasteiger partial charge in [-0.15, -0.1) is 0 Å². The molecule has 0 rings (SSSR count). The van der Waals surface area contributed by atoms with Gasteiger partial charge >= 0.3 is 5.97 Å². The zero-order valence-electron chi connectivity index (χ0n) is 6.87. The minimum absolute atomic E-state index is 0.512. The van der Waals surface area contributed by atoms with Gasteiger partial charge in [0.2, 0.25) is 5.91 Å². The van der Waals surface area contributed by atoms with Gasteiger partial charge in [-0.2, -0.15) is 0 Å². The van der Waals surface area contributed by atoms with Gasteiger partial charge in [0.05, 0.1) is 6.42 Å². The largest absolute Gasteiger partial charge is 0.480 e. The topological polar surface area (TPSA) is 109 Å². The van der Waals surface area contributed by atoms with E-state index in [0.717, 1.165) is 0 Å². The molecule has 1 atom stereocenters. The molecule has 4 N–H and O–H groups in total. The molecule has 0 saturated carbocycles. The number of hydrogen-bond donors (Lipinski definition) is 3. The van der Waals surface area contributed by atoms with Gasteiger partial charge in [-0.1, -0.05) is 23.2 Å². The van der Waals surface area contributed by atoms with Gasteiger partial charge in [0.15, 0.2) is 4.84 Å². The van der Waals surface area contributed by atoms with Crippen LogP contribution in [0.1, 0.15) is 6.42 Å². The second-order valence-corrected chi connectivity index (χ2v) is 3.47. The number of carbonyl (C=O) groups excluding carboxylic acids is 2. The van der Waals surface area contributed by atoms with Crippen LogP contribution in [0.2, 0.25) is 0 Å². The van der Waals surface area contributed by atoms with E-state index < -0.39 is 35.1 Å². The maximum absolute atomic E-state index is 10.8. The lowest BCUT2D eigenvalue weighted by atomic mass is 10.2. The summed E-state index contributed by atoms with van der Waals surface area (Å²) in [5.41, 5.74) is 4.76. The lowest BCUT2D eigenvalue weighted by Crippen LogP contribution is -2.45. The summed E-state index contributed by atoms with van der Waals surface area (Å²) in [5.74, 6) is -3.12. The molecule has 0 aromatic carbocycles. The van der Waals surface area contributed by atoms with Gasteiger partial charge in [-0.3, -0.25) is 9.59 Å². The van der Waals surface area contributed by atoms with Gasteiger partial charge in [0, 0.05) is 0 Å². The van der Waals surface area contributed by atoms with E-state index in [1.807, 2.05) is 5.32 Å². The van der Waals surface area contributed by atoms with Crippen molar-refractivity contribution < 1.29 is 19.5 Å². The molecule has 0 aromatic rings. The Balaban J connectivity index is 4.31. The second kappa shape index (κ2) is 5.66. The standard InChI is InChI=1S/C6H8Cl2N2O4/c7-4(8)5(12)10-2(6(13)14)1-3(9)11/h2,4H,1H2,(H2,9,11)(H,10,12)(H,13,14). The molecule has 0 spiro atoms. The Morgan fingerprint density at radius 3 is 2.14 bits per heavy atom. The summed E-state index contributed by atoms with van der Waals surface area (Å²) in [6.45, 7) is 0. The number of rotatable bonds is 5. The molecule has 0 fully saturated rings. The number of nitrogens with two attached hydrogens (primary N) is 1. The first-order valence-electron chi connectivity index (χ1n) is 3.44. The van der Waals surface area contributed by atoms with E-state index in [4.69, 9.17) is 34.0 Å². The normalized spacial score (nSPS) is 12.2. The van der Waals surface area contributed by atoms with Crippen molar-refractivity contribution in [2.45, 2.75) is 17.3 Å². The third-order valence-electron chi connectivity index (χ3n) is 1.22. The average Bonchev–Trinajstić information content (AvgIpc) is 2.01. The van der Waals surface area contributed by atoms with Crippen LogP contribution in [0.3, 0.4) is 0 Å². The molecule has 0 aliphatic heterocycles. The van der Waals surface area contributed by atoms with Crippen molar-refractivity contribution in [3.63, 3.8) is 0 Å². The Kier molecular flexibility index (Phi) is 5.26. The molecule has 0 aliphatic rings. The van der Waals surface area contributed by atoms with Crippen LogP contribution in [-0.4, -0.2) is 33.8 Å². The highest BCUT2D eigenvalue weighted by atomic mass is 35.5. The maximum Gasteiger partial charge on any atom is 0.326 e.